The zero-order valence-electron chi connectivity index (χ0n) is 13.0. The van der Waals surface area contributed by atoms with E-state index in [0.29, 0.717) is 31.8 Å². The van der Waals surface area contributed by atoms with Crippen molar-refractivity contribution in [3.8, 4) is 0 Å². The Labute approximate surface area is 139 Å². The molecule has 1 aromatic carbocycles. The number of carbonyl (C=O) groups excluding carboxylic acids is 1. The van der Waals surface area contributed by atoms with Crippen molar-refractivity contribution in [1.82, 2.24) is 9.80 Å². The second-order valence-electron chi connectivity index (χ2n) is 5.65. The van der Waals surface area contributed by atoms with Gasteiger partial charge in [0.1, 0.15) is 0 Å². The molecule has 0 saturated carbocycles. The highest BCUT2D eigenvalue weighted by atomic mass is 19.4. The Morgan fingerprint density at radius 3 is 1.80 bits per heavy atom. The van der Waals surface area contributed by atoms with Crippen LogP contribution in [-0.4, -0.2) is 60.1 Å². The van der Waals surface area contributed by atoms with Crippen LogP contribution in [0.5, 0.6) is 0 Å². The van der Waals surface area contributed by atoms with Crippen molar-refractivity contribution in [2.24, 2.45) is 0 Å². The molecule has 1 fully saturated rings. The number of rotatable bonds is 3. The monoisotopic (exact) mass is 370 g/mol. The van der Waals surface area contributed by atoms with E-state index in [0.717, 1.165) is 0 Å². The molecule has 0 bridgehead atoms. The Bertz CT molecular complexity index is 589. The zero-order valence-corrected chi connectivity index (χ0v) is 13.0. The van der Waals surface area contributed by atoms with Crippen molar-refractivity contribution >= 4 is 5.91 Å². The van der Waals surface area contributed by atoms with Crippen LogP contribution >= 0.6 is 0 Å². The number of nitrogens with zero attached hydrogens (tertiary/aromatic N) is 2. The van der Waals surface area contributed by atoms with Gasteiger partial charge >= 0.3 is 12.4 Å². The van der Waals surface area contributed by atoms with Crippen molar-refractivity contribution < 1.29 is 36.2 Å². The topological polar surface area (TPSA) is 43.8 Å². The number of aliphatic hydroxyl groups excluding tert-OH is 1. The molecule has 0 atom stereocenters. The summed E-state index contributed by atoms with van der Waals surface area (Å²) >= 11 is 0. The highest BCUT2D eigenvalue weighted by molar-refractivity contribution is 5.94. The molecule has 25 heavy (non-hydrogen) atoms. The van der Waals surface area contributed by atoms with E-state index >= 15 is 0 Å². The first-order valence-electron chi connectivity index (χ1n) is 7.44. The fraction of sp³-hybridized carbons (Fsp3) is 0.533. The fourth-order valence-electron chi connectivity index (χ4n) is 2.58. The van der Waals surface area contributed by atoms with Gasteiger partial charge in [-0.2, -0.15) is 26.3 Å². The van der Waals surface area contributed by atoms with Gasteiger partial charge in [-0.15, -0.1) is 0 Å². The van der Waals surface area contributed by atoms with E-state index in [2.05, 4.69) is 0 Å². The highest BCUT2D eigenvalue weighted by Crippen LogP contribution is 2.36. The molecule has 1 saturated heterocycles. The summed E-state index contributed by atoms with van der Waals surface area (Å²) in [5.74, 6) is -0.875. The minimum Gasteiger partial charge on any atom is -0.395 e. The maximum atomic E-state index is 12.9. The largest absolute Gasteiger partial charge is 0.416 e. The lowest BCUT2D eigenvalue weighted by molar-refractivity contribution is -0.143. The first-order chi connectivity index (χ1) is 11.5. The van der Waals surface area contributed by atoms with Crippen molar-refractivity contribution in [2.75, 3.05) is 39.3 Å². The number of benzene rings is 1. The Balaban J connectivity index is 2.27. The van der Waals surface area contributed by atoms with Gasteiger partial charge in [0, 0.05) is 38.3 Å². The van der Waals surface area contributed by atoms with Crippen LogP contribution in [0.15, 0.2) is 18.2 Å². The first kappa shape index (κ1) is 19.5. The molecule has 0 aliphatic carbocycles. The number of hydrogen-bond donors (Lipinski definition) is 1. The maximum Gasteiger partial charge on any atom is 0.416 e. The molecule has 0 radical (unpaired) electrons. The van der Waals surface area contributed by atoms with E-state index in [1.54, 1.807) is 0 Å². The number of halogens is 6. The summed E-state index contributed by atoms with van der Waals surface area (Å²) in [5.41, 5.74) is -3.66. The summed E-state index contributed by atoms with van der Waals surface area (Å²) in [6.45, 7) is 1.42. The Morgan fingerprint density at radius 2 is 1.40 bits per heavy atom. The van der Waals surface area contributed by atoms with Crippen LogP contribution in [0.25, 0.3) is 0 Å². The zero-order chi connectivity index (χ0) is 18.8. The molecule has 1 N–H and O–H groups in total. The summed E-state index contributed by atoms with van der Waals surface area (Å²) in [6, 6.07) is 0.880. The number of carbonyl (C=O) groups is 1. The average molecular weight is 370 g/mol. The van der Waals surface area contributed by atoms with Crippen LogP contribution in [-0.2, 0) is 12.4 Å². The molecule has 0 aromatic heterocycles. The molecule has 1 aromatic rings. The molecule has 140 valence electrons. The number of piperazine rings is 1. The Morgan fingerprint density at radius 1 is 0.920 bits per heavy atom. The number of aliphatic hydroxyl groups is 1. The van der Waals surface area contributed by atoms with Crippen molar-refractivity contribution in [3.63, 3.8) is 0 Å². The van der Waals surface area contributed by atoms with Gasteiger partial charge in [0.05, 0.1) is 17.7 Å². The summed E-state index contributed by atoms with van der Waals surface area (Å²) in [6.07, 6.45) is -9.98. The van der Waals surface area contributed by atoms with Crippen molar-refractivity contribution in [3.05, 3.63) is 34.9 Å². The Kier molecular flexibility index (Phi) is 5.62. The van der Waals surface area contributed by atoms with E-state index in [4.69, 9.17) is 5.11 Å². The predicted octanol–water partition coefficient (Wildman–Crippen LogP) is 2.47. The molecular formula is C15H16F6N2O2. The van der Waals surface area contributed by atoms with Gasteiger partial charge in [0.25, 0.3) is 5.91 Å². The minimum absolute atomic E-state index is 0.00400. The molecule has 1 amide bonds. The molecule has 2 rings (SSSR count). The van der Waals surface area contributed by atoms with Crippen LogP contribution in [0.3, 0.4) is 0 Å². The van der Waals surface area contributed by atoms with Crippen molar-refractivity contribution in [2.45, 2.75) is 12.4 Å². The molecule has 10 heteroatoms. The predicted molar refractivity (Wildman–Crippen MR) is 75.9 cm³/mol. The van der Waals surface area contributed by atoms with E-state index in [-0.39, 0.29) is 25.8 Å². The van der Waals surface area contributed by atoms with Gasteiger partial charge in [0.15, 0.2) is 0 Å². The maximum absolute atomic E-state index is 12.9. The lowest BCUT2D eigenvalue weighted by Crippen LogP contribution is -2.49. The number of β-amino-alcohol motifs (C(OH)–C–C–N with tert-alkyl or cyclic N) is 1. The van der Waals surface area contributed by atoms with Gasteiger partial charge < -0.3 is 10.0 Å². The van der Waals surface area contributed by atoms with Crippen LogP contribution in [0, 0.1) is 0 Å². The first-order valence-corrected chi connectivity index (χ1v) is 7.44. The van der Waals surface area contributed by atoms with E-state index < -0.39 is 35.0 Å². The Hall–Kier alpha value is -1.81. The van der Waals surface area contributed by atoms with Crippen LogP contribution in [0.2, 0.25) is 0 Å². The highest BCUT2D eigenvalue weighted by Gasteiger charge is 2.38. The third kappa shape index (κ3) is 4.85. The number of amides is 1. The van der Waals surface area contributed by atoms with Crippen molar-refractivity contribution in [1.29, 1.82) is 0 Å². The van der Waals surface area contributed by atoms with Gasteiger partial charge in [0.2, 0.25) is 0 Å². The van der Waals surface area contributed by atoms with Gasteiger partial charge in [-0.05, 0) is 18.2 Å². The lowest BCUT2D eigenvalue weighted by Gasteiger charge is -2.34. The molecular weight excluding hydrogens is 354 g/mol. The molecule has 1 aliphatic rings. The summed E-state index contributed by atoms with van der Waals surface area (Å²) in [7, 11) is 0. The number of hydrogen-bond acceptors (Lipinski definition) is 3. The second kappa shape index (κ2) is 7.20. The standard InChI is InChI=1S/C15H16F6N2O2/c16-14(17,18)11-7-10(8-12(9-11)15(19,20)21)13(25)23-3-1-22(2-4-23)5-6-24/h7-9,24H,1-6H2. The van der Waals surface area contributed by atoms with Gasteiger partial charge in [-0.1, -0.05) is 0 Å². The SMILES string of the molecule is O=C(c1cc(C(F)(F)F)cc(C(F)(F)F)c1)N1CCN(CCO)CC1. The summed E-state index contributed by atoms with van der Waals surface area (Å²) < 4.78 is 77.1. The van der Waals surface area contributed by atoms with E-state index in [1.807, 2.05) is 4.90 Å². The third-order valence-electron chi connectivity index (χ3n) is 3.91. The molecule has 0 spiro atoms. The van der Waals surface area contributed by atoms with Crippen LogP contribution in [0.4, 0.5) is 26.3 Å². The fourth-order valence-corrected chi connectivity index (χ4v) is 2.58. The van der Waals surface area contributed by atoms with E-state index in [1.165, 1.54) is 4.90 Å². The van der Waals surface area contributed by atoms with E-state index in [9.17, 15) is 31.1 Å². The number of alkyl halides is 6. The molecule has 0 unspecified atom stereocenters. The second-order valence-corrected chi connectivity index (χ2v) is 5.65. The van der Waals surface area contributed by atoms with Gasteiger partial charge in [-0.3, -0.25) is 9.69 Å². The third-order valence-corrected chi connectivity index (χ3v) is 3.91. The average Bonchev–Trinajstić information content (AvgIpc) is 2.53. The lowest BCUT2D eigenvalue weighted by atomic mass is 10.0. The molecule has 1 heterocycles. The smallest absolute Gasteiger partial charge is 0.395 e. The summed E-state index contributed by atoms with van der Waals surface area (Å²) in [5, 5.41) is 8.85. The van der Waals surface area contributed by atoms with Crippen LogP contribution < -0.4 is 0 Å². The molecule has 1 aliphatic heterocycles. The van der Waals surface area contributed by atoms with Gasteiger partial charge in [-0.25, -0.2) is 0 Å². The molecule has 4 nitrogen and oxygen atoms in total. The summed E-state index contributed by atoms with van der Waals surface area (Å²) in [4.78, 5) is 15.4. The normalized spacial score (nSPS) is 17.0. The van der Waals surface area contributed by atoms with Crippen LogP contribution in [0.1, 0.15) is 21.5 Å². The quantitative estimate of drug-likeness (QED) is 0.832. The minimum atomic E-state index is -4.99.